The molecule has 1 saturated carbocycles. The molecule has 0 spiro atoms. The van der Waals surface area contributed by atoms with Crippen molar-refractivity contribution in [2.75, 3.05) is 7.11 Å². The molecule has 2 aromatic heterocycles. The molecule has 1 fully saturated rings. The molecule has 0 saturated heterocycles. The van der Waals surface area contributed by atoms with Crippen molar-refractivity contribution in [3.8, 4) is 11.8 Å². The number of fused-ring (bicyclic) bond motifs is 2. The smallest absolute Gasteiger partial charge is 0.335 e. The van der Waals surface area contributed by atoms with Crippen molar-refractivity contribution in [1.29, 1.82) is 5.26 Å². The Hall–Kier alpha value is -3.70. The molecule has 0 aliphatic heterocycles. The lowest BCUT2D eigenvalue weighted by Crippen LogP contribution is -2.37. The van der Waals surface area contributed by atoms with Crippen molar-refractivity contribution in [3.05, 3.63) is 59.7 Å². The fourth-order valence-electron chi connectivity index (χ4n) is 5.69. The van der Waals surface area contributed by atoms with E-state index in [9.17, 15) is 19.6 Å². The molecule has 2 heterocycles. The Morgan fingerprint density at radius 1 is 1.37 bits per heavy atom. The number of nitrogens with zero attached hydrogens (tertiary/aromatic N) is 3. The molecule has 5 rings (SSSR count). The van der Waals surface area contributed by atoms with Gasteiger partial charge in [-0.05, 0) is 67.1 Å². The SMILES string of the molecule is CO[C@@]1(C(=O)O)CCC(c2c(C(C)(C)CC#N)n(-c3ccc(F)cc3)c3cc4cn[nH]c4cc23)C1. The van der Waals surface area contributed by atoms with E-state index < -0.39 is 17.0 Å². The van der Waals surface area contributed by atoms with Crippen LogP contribution in [0.5, 0.6) is 0 Å². The number of methoxy groups -OCH3 is 1. The van der Waals surface area contributed by atoms with Crippen LogP contribution in [0.25, 0.3) is 27.5 Å². The zero-order valence-corrected chi connectivity index (χ0v) is 19.9. The molecule has 8 heteroatoms. The summed E-state index contributed by atoms with van der Waals surface area (Å²) in [5.74, 6) is -1.38. The molecule has 4 aromatic rings. The molecule has 35 heavy (non-hydrogen) atoms. The van der Waals surface area contributed by atoms with Crippen molar-refractivity contribution < 1.29 is 19.0 Å². The number of hydrogen-bond acceptors (Lipinski definition) is 4. The Morgan fingerprint density at radius 3 is 2.74 bits per heavy atom. The summed E-state index contributed by atoms with van der Waals surface area (Å²) in [6.07, 6.45) is 3.39. The zero-order valence-electron chi connectivity index (χ0n) is 19.9. The molecule has 0 bridgehead atoms. The maximum atomic E-state index is 13.9. The van der Waals surface area contributed by atoms with E-state index in [1.54, 1.807) is 18.3 Å². The highest BCUT2D eigenvalue weighted by Crippen LogP contribution is 2.50. The van der Waals surface area contributed by atoms with Gasteiger partial charge in [0.25, 0.3) is 0 Å². The number of aliphatic carboxylic acids is 1. The first-order chi connectivity index (χ1) is 16.7. The second-order valence-corrected chi connectivity index (χ2v) is 10.1. The van der Waals surface area contributed by atoms with Gasteiger partial charge in [0.15, 0.2) is 5.60 Å². The topological polar surface area (TPSA) is 104 Å². The molecule has 2 atom stereocenters. The summed E-state index contributed by atoms with van der Waals surface area (Å²) in [4.78, 5) is 12.2. The second-order valence-electron chi connectivity index (χ2n) is 10.1. The minimum Gasteiger partial charge on any atom is -0.479 e. The molecule has 2 aromatic carbocycles. The molecular formula is C27H27FN4O3. The fraction of sp³-hybridized carbons (Fsp3) is 0.370. The van der Waals surface area contributed by atoms with Gasteiger partial charge in [0.05, 0.1) is 23.3 Å². The molecule has 0 amide bonds. The number of ether oxygens (including phenoxy) is 1. The van der Waals surface area contributed by atoms with E-state index >= 15 is 0 Å². The number of carbonyl (C=O) groups is 1. The zero-order chi connectivity index (χ0) is 25.0. The first kappa shape index (κ1) is 23.1. The summed E-state index contributed by atoms with van der Waals surface area (Å²) in [6, 6.07) is 12.7. The summed E-state index contributed by atoms with van der Waals surface area (Å²) in [5, 5.41) is 28.8. The first-order valence-electron chi connectivity index (χ1n) is 11.6. The average Bonchev–Trinajstić information content (AvgIpc) is 3.53. The highest BCUT2D eigenvalue weighted by atomic mass is 19.1. The number of aromatic amines is 1. The lowest BCUT2D eigenvalue weighted by Gasteiger charge is -2.29. The summed E-state index contributed by atoms with van der Waals surface area (Å²) >= 11 is 0. The Kier molecular flexibility index (Phi) is 5.41. The van der Waals surface area contributed by atoms with E-state index in [0.717, 1.165) is 38.8 Å². The van der Waals surface area contributed by atoms with Crippen LogP contribution in [-0.4, -0.2) is 38.6 Å². The van der Waals surface area contributed by atoms with E-state index in [0.29, 0.717) is 19.3 Å². The van der Waals surface area contributed by atoms with Crippen LogP contribution in [0, 0.1) is 17.1 Å². The predicted molar refractivity (Wildman–Crippen MR) is 130 cm³/mol. The van der Waals surface area contributed by atoms with Crippen LogP contribution in [0.15, 0.2) is 42.6 Å². The standard InChI is InChI=1S/C27H27FN4O3/c1-26(2,10-11-29)24-23(16-8-9-27(14-16,35-3)25(33)34)20-13-21-17(15-30-31-21)12-22(20)32(24)19-6-4-18(28)5-7-19/h4-7,12-13,15-16H,8-10,14H2,1-3H3,(H,30,31)(H,33,34)/t16?,27-/m0/s1. The first-order valence-corrected chi connectivity index (χ1v) is 11.6. The molecule has 2 N–H and O–H groups in total. The van der Waals surface area contributed by atoms with Crippen molar-refractivity contribution in [2.24, 2.45) is 0 Å². The van der Waals surface area contributed by atoms with Crippen LogP contribution >= 0.6 is 0 Å². The van der Waals surface area contributed by atoms with E-state index in [2.05, 4.69) is 20.8 Å². The van der Waals surface area contributed by atoms with Crippen LogP contribution in [-0.2, 0) is 14.9 Å². The maximum absolute atomic E-state index is 13.9. The second kappa shape index (κ2) is 8.21. The number of carboxylic acid groups (broad SMARTS) is 1. The number of nitriles is 1. The molecule has 1 unspecified atom stereocenters. The molecular weight excluding hydrogens is 447 g/mol. The number of aromatic nitrogens is 3. The van der Waals surface area contributed by atoms with Crippen molar-refractivity contribution in [1.82, 2.24) is 14.8 Å². The summed E-state index contributed by atoms with van der Waals surface area (Å²) < 4.78 is 21.5. The monoisotopic (exact) mass is 474 g/mol. The minimum atomic E-state index is -1.25. The number of H-pyrrole nitrogens is 1. The largest absolute Gasteiger partial charge is 0.479 e. The third kappa shape index (κ3) is 3.58. The summed E-state index contributed by atoms with van der Waals surface area (Å²) in [7, 11) is 1.45. The number of benzene rings is 2. The van der Waals surface area contributed by atoms with Crippen molar-refractivity contribution >= 4 is 27.8 Å². The van der Waals surface area contributed by atoms with E-state index in [-0.39, 0.29) is 18.2 Å². The normalized spacial score (nSPS) is 20.5. The van der Waals surface area contributed by atoms with Gasteiger partial charge in [-0.2, -0.15) is 10.4 Å². The van der Waals surface area contributed by atoms with Crippen LogP contribution in [0.2, 0.25) is 0 Å². The Balaban J connectivity index is 1.87. The van der Waals surface area contributed by atoms with Gasteiger partial charge in [0.2, 0.25) is 0 Å². The molecule has 1 aliphatic carbocycles. The predicted octanol–water partition coefficient (Wildman–Crippen LogP) is 5.57. The highest BCUT2D eigenvalue weighted by Gasteiger charge is 2.48. The average molecular weight is 475 g/mol. The third-order valence-corrected chi connectivity index (χ3v) is 7.47. The molecule has 7 nitrogen and oxygen atoms in total. The third-order valence-electron chi connectivity index (χ3n) is 7.47. The van der Waals surface area contributed by atoms with Crippen molar-refractivity contribution in [2.45, 2.75) is 56.5 Å². The summed E-state index contributed by atoms with van der Waals surface area (Å²) in [6.45, 7) is 4.05. The number of nitrogens with one attached hydrogen (secondary N) is 1. The maximum Gasteiger partial charge on any atom is 0.335 e. The number of hydrogen-bond donors (Lipinski definition) is 2. The lowest BCUT2D eigenvalue weighted by atomic mass is 9.79. The van der Waals surface area contributed by atoms with Crippen LogP contribution < -0.4 is 0 Å². The summed E-state index contributed by atoms with van der Waals surface area (Å²) in [5.41, 5.74) is 2.69. The van der Waals surface area contributed by atoms with E-state index in [1.165, 1.54) is 19.2 Å². The Labute approximate surface area is 202 Å². The number of rotatable bonds is 6. The van der Waals surface area contributed by atoms with E-state index in [4.69, 9.17) is 4.74 Å². The van der Waals surface area contributed by atoms with Gasteiger partial charge in [-0.1, -0.05) is 13.8 Å². The van der Waals surface area contributed by atoms with Crippen LogP contribution in [0.3, 0.4) is 0 Å². The van der Waals surface area contributed by atoms with Crippen LogP contribution in [0.1, 0.15) is 56.7 Å². The fourth-order valence-corrected chi connectivity index (χ4v) is 5.69. The van der Waals surface area contributed by atoms with Crippen LogP contribution in [0.4, 0.5) is 4.39 Å². The van der Waals surface area contributed by atoms with Crippen molar-refractivity contribution in [3.63, 3.8) is 0 Å². The van der Waals surface area contributed by atoms with Gasteiger partial charge in [-0.25, -0.2) is 9.18 Å². The van der Waals surface area contributed by atoms with Gasteiger partial charge in [-0.3, -0.25) is 5.10 Å². The van der Waals surface area contributed by atoms with Gasteiger partial charge >= 0.3 is 5.97 Å². The molecule has 0 radical (unpaired) electrons. The van der Waals surface area contributed by atoms with Gasteiger partial charge in [-0.15, -0.1) is 0 Å². The number of halogens is 1. The lowest BCUT2D eigenvalue weighted by molar-refractivity contribution is -0.161. The Bertz CT molecular complexity index is 1480. The van der Waals surface area contributed by atoms with Gasteiger partial charge in [0, 0.05) is 41.1 Å². The number of carboxylic acids is 1. The van der Waals surface area contributed by atoms with E-state index in [1.807, 2.05) is 26.0 Å². The highest BCUT2D eigenvalue weighted by molar-refractivity contribution is 5.99. The minimum absolute atomic E-state index is 0.0939. The quantitative estimate of drug-likeness (QED) is 0.380. The molecule has 180 valence electrons. The van der Waals surface area contributed by atoms with Gasteiger partial charge in [0.1, 0.15) is 5.82 Å². The molecule has 1 aliphatic rings. The van der Waals surface area contributed by atoms with Gasteiger partial charge < -0.3 is 14.4 Å². The Morgan fingerprint density at radius 2 is 2.11 bits per heavy atom.